The number of halogens is 2. The van der Waals surface area contributed by atoms with Gasteiger partial charge in [0.15, 0.2) is 5.82 Å². The van der Waals surface area contributed by atoms with Crippen LogP contribution in [0.3, 0.4) is 0 Å². The Morgan fingerprint density at radius 1 is 1.47 bits per heavy atom. The van der Waals surface area contributed by atoms with E-state index in [1.165, 1.54) is 6.07 Å². The van der Waals surface area contributed by atoms with E-state index >= 15 is 0 Å². The van der Waals surface area contributed by atoms with Gasteiger partial charge in [0.2, 0.25) is 0 Å². The summed E-state index contributed by atoms with van der Waals surface area (Å²) in [7, 11) is 0. The maximum Gasteiger partial charge on any atom is 0.164 e. The van der Waals surface area contributed by atoms with Gasteiger partial charge in [-0.2, -0.15) is 0 Å². The fourth-order valence-electron chi connectivity index (χ4n) is 1.37. The van der Waals surface area contributed by atoms with Crippen LogP contribution in [-0.2, 0) is 6.54 Å². The summed E-state index contributed by atoms with van der Waals surface area (Å²) in [4.78, 5) is 0. The summed E-state index contributed by atoms with van der Waals surface area (Å²) in [6.45, 7) is 2.74. The van der Waals surface area contributed by atoms with Crippen LogP contribution in [0, 0.1) is 5.82 Å². The van der Waals surface area contributed by atoms with Gasteiger partial charge in [-0.15, -0.1) is 10.2 Å². The molecule has 2 aromatic rings. The zero-order valence-corrected chi connectivity index (χ0v) is 9.70. The maximum atomic E-state index is 13.3. The number of hydrogen-bond donors (Lipinski definition) is 0. The van der Waals surface area contributed by atoms with Crippen molar-refractivity contribution in [3.05, 3.63) is 34.8 Å². The van der Waals surface area contributed by atoms with Crippen molar-refractivity contribution in [1.29, 1.82) is 0 Å². The summed E-state index contributed by atoms with van der Waals surface area (Å²) in [5, 5.41) is 7.79. The van der Waals surface area contributed by atoms with Gasteiger partial charge in [0, 0.05) is 12.1 Å². The van der Waals surface area contributed by atoms with E-state index in [1.54, 1.807) is 12.4 Å². The van der Waals surface area contributed by atoms with E-state index in [1.807, 2.05) is 17.6 Å². The topological polar surface area (TPSA) is 30.7 Å². The van der Waals surface area contributed by atoms with E-state index in [4.69, 9.17) is 0 Å². The molecule has 0 amide bonds. The number of aromatic nitrogens is 3. The van der Waals surface area contributed by atoms with Crippen LogP contribution in [0.4, 0.5) is 4.39 Å². The Hall–Kier alpha value is -1.23. The Balaban J connectivity index is 2.59. The molecule has 0 radical (unpaired) electrons. The van der Waals surface area contributed by atoms with Crippen molar-refractivity contribution in [2.24, 2.45) is 0 Å². The smallest absolute Gasteiger partial charge is 0.164 e. The molecule has 0 atom stereocenters. The molecule has 0 unspecified atom stereocenters. The van der Waals surface area contributed by atoms with E-state index in [9.17, 15) is 4.39 Å². The number of aryl methyl sites for hydroxylation is 1. The van der Waals surface area contributed by atoms with E-state index in [0.717, 1.165) is 6.54 Å². The summed E-state index contributed by atoms with van der Waals surface area (Å²) in [5.74, 6) is 0.377. The first kappa shape index (κ1) is 10.3. The second-order valence-corrected chi connectivity index (χ2v) is 3.83. The van der Waals surface area contributed by atoms with Crippen molar-refractivity contribution in [3.8, 4) is 11.4 Å². The van der Waals surface area contributed by atoms with Gasteiger partial charge in [-0.3, -0.25) is 0 Å². The second-order valence-electron chi connectivity index (χ2n) is 3.04. The van der Waals surface area contributed by atoms with Gasteiger partial charge >= 0.3 is 0 Å². The molecule has 0 bridgehead atoms. The average Bonchev–Trinajstić information content (AvgIpc) is 2.70. The first-order chi connectivity index (χ1) is 7.24. The Morgan fingerprint density at radius 3 is 3.00 bits per heavy atom. The second kappa shape index (κ2) is 4.10. The minimum absolute atomic E-state index is 0.293. The van der Waals surface area contributed by atoms with E-state index in [2.05, 4.69) is 26.1 Å². The highest BCUT2D eigenvalue weighted by molar-refractivity contribution is 9.10. The van der Waals surface area contributed by atoms with E-state index < -0.39 is 0 Å². The molecular formula is C10H9BrFN3. The highest BCUT2D eigenvalue weighted by Crippen LogP contribution is 2.28. The summed E-state index contributed by atoms with van der Waals surface area (Å²) in [6, 6.07) is 4.87. The molecule has 0 aliphatic rings. The molecule has 2 rings (SSSR count). The highest BCUT2D eigenvalue weighted by Gasteiger charge is 2.12. The summed E-state index contributed by atoms with van der Waals surface area (Å²) in [6.07, 6.45) is 1.63. The third-order valence-electron chi connectivity index (χ3n) is 2.15. The van der Waals surface area contributed by atoms with Crippen LogP contribution in [0.1, 0.15) is 6.92 Å². The summed E-state index contributed by atoms with van der Waals surface area (Å²) >= 11 is 3.21. The van der Waals surface area contributed by atoms with Crippen LogP contribution in [0.2, 0.25) is 0 Å². The monoisotopic (exact) mass is 269 g/mol. The predicted octanol–water partition coefficient (Wildman–Crippen LogP) is 2.87. The summed E-state index contributed by atoms with van der Waals surface area (Å²) < 4.78 is 15.6. The zero-order chi connectivity index (χ0) is 10.8. The predicted molar refractivity (Wildman–Crippen MR) is 58.8 cm³/mol. The van der Waals surface area contributed by atoms with Gasteiger partial charge in [-0.05, 0) is 35.0 Å². The third-order valence-corrected chi connectivity index (χ3v) is 2.95. The normalized spacial score (nSPS) is 10.6. The Kier molecular flexibility index (Phi) is 2.81. The van der Waals surface area contributed by atoms with Crippen LogP contribution in [0.15, 0.2) is 29.0 Å². The number of rotatable bonds is 2. The molecule has 15 heavy (non-hydrogen) atoms. The Bertz CT molecular complexity index is 481. The van der Waals surface area contributed by atoms with Crippen molar-refractivity contribution in [2.75, 3.05) is 0 Å². The summed E-state index contributed by atoms with van der Waals surface area (Å²) in [5.41, 5.74) is 0.717. The van der Waals surface area contributed by atoms with Crippen molar-refractivity contribution < 1.29 is 4.39 Å². The van der Waals surface area contributed by atoms with Crippen molar-refractivity contribution in [3.63, 3.8) is 0 Å². The molecule has 0 saturated heterocycles. The number of nitrogens with zero attached hydrogens (tertiary/aromatic N) is 3. The van der Waals surface area contributed by atoms with E-state index in [0.29, 0.717) is 15.9 Å². The lowest BCUT2D eigenvalue weighted by atomic mass is 10.2. The largest absolute Gasteiger partial charge is 0.314 e. The Morgan fingerprint density at radius 2 is 2.27 bits per heavy atom. The zero-order valence-electron chi connectivity index (χ0n) is 8.11. The minimum Gasteiger partial charge on any atom is -0.314 e. The fraction of sp³-hybridized carbons (Fsp3) is 0.200. The molecule has 1 aromatic heterocycles. The van der Waals surface area contributed by atoms with Crippen molar-refractivity contribution in [2.45, 2.75) is 13.5 Å². The Labute approximate surface area is 95.1 Å². The van der Waals surface area contributed by atoms with E-state index in [-0.39, 0.29) is 5.82 Å². The molecule has 0 N–H and O–H groups in total. The standard InChI is InChI=1S/C10H9BrFN3/c1-2-15-6-13-14-10(15)7-4-3-5-8(12)9(7)11/h3-6H,2H2,1H3. The lowest BCUT2D eigenvalue weighted by Crippen LogP contribution is -1.97. The first-order valence-corrected chi connectivity index (χ1v) is 5.35. The minimum atomic E-state index is -0.293. The van der Waals surface area contributed by atoms with Crippen LogP contribution >= 0.6 is 15.9 Å². The lowest BCUT2D eigenvalue weighted by molar-refractivity contribution is 0.621. The van der Waals surface area contributed by atoms with Gasteiger partial charge in [-0.25, -0.2) is 4.39 Å². The van der Waals surface area contributed by atoms with Crippen LogP contribution in [-0.4, -0.2) is 14.8 Å². The first-order valence-electron chi connectivity index (χ1n) is 4.56. The molecule has 1 heterocycles. The van der Waals surface area contributed by atoms with Gasteiger partial charge in [0.1, 0.15) is 12.1 Å². The highest BCUT2D eigenvalue weighted by atomic mass is 79.9. The van der Waals surface area contributed by atoms with Crippen LogP contribution in [0.5, 0.6) is 0 Å². The molecule has 78 valence electrons. The van der Waals surface area contributed by atoms with Gasteiger partial charge in [0.05, 0.1) is 4.47 Å². The van der Waals surface area contributed by atoms with Crippen molar-refractivity contribution in [1.82, 2.24) is 14.8 Å². The molecule has 0 aliphatic heterocycles. The van der Waals surface area contributed by atoms with Gasteiger partial charge in [0.25, 0.3) is 0 Å². The quantitative estimate of drug-likeness (QED) is 0.840. The van der Waals surface area contributed by atoms with Gasteiger partial charge in [-0.1, -0.05) is 6.07 Å². The molecule has 0 fully saturated rings. The number of benzene rings is 1. The van der Waals surface area contributed by atoms with Crippen molar-refractivity contribution >= 4 is 15.9 Å². The van der Waals surface area contributed by atoms with Gasteiger partial charge < -0.3 is 4.57 Å². The fourth-order valence-corrected chi connectivity index (χ4v) is 1.81. The average molecular weight is 270 g/mol. The lowest BCUT2D eigenvalue weighted by Gasteiger charge is -2.05. The molecule has 5 heteroatoms. The van der Waals surface area contributed by atoms with Crippen LogP contribution in [0.25, 0.3) is 11.4 Å². The SMILES string of the molecule is CCn1cnnc1-c1cccc(F)c1Br. The maximum absolute atomic E-state index is 13.3. The molecule has 0 spiro atoms. The molecule has 1 aromatic carbocycles. The number of hydrogen-bond acceptors (Lipinski definition) is 2. The molecule has 3 nitrogen and oxygen atoms in total. The third kappa shape index (κ3) is 1.79. The molecule has 0 saturated carbocycles. The van der Waals surface area contributed by atoms with Crippen LogP contribution < -0.4 is 0 Å². The molecule has 0 aliphatic carbocycles. The molecular weight excluding hydrogens is 261 g/mol.